The molecular weight excluding hydrogens is 252 g/mol. The normalized spacial score (nSPS) is 19.9. The van der Waals surface area contributed by atoms with E-state index in [-0.39, 0.29) is 0 Å². The largest absolute Gasteiger partial charge is 0.493 e. The number of methoxy groups -OCH3 is 1. The van der Waals surface area contributed by atoms with Gasteiger partial charge < -0.3 is 14.8 Å². The number of ether oxygens (including phenoxy) is 2. The van der Waals surface area contributed by atoms with Crippen LogP contribution in [-0.4, -0.2) is 44.8 Å². The van der Waals surface area contributed by atoms with Gasteiger partial charge >= 0.3 is 0 Å². The van der Waals surface area contributed by atoms with Crippen molar-refractivity contribution in [1.29, 1.82) is 0 Å². The first-order valence-corrected chi connectivity index (χ1v) is 7.58. The second-order valence-electron chi connectivity index (χ2n) is 5.77. The first kappa shape index (κ1) is 13.7. The number of piperazine rings is 1. The van der Waals surface area contributed by atoms with Crippen LogP contribution < -0.4 is 14.8 Å². The molecule has 0 aromatic heterocycles. The summed E-state index contributed by atoms with van der Waals surface area (Å²) in [6, 6.07) is 6.31. The third-order valence-corrected chi connectivity index (χ3v) is 4.02. The molecule has 0 amide bonds. The fourth-order valence-corrected chi connectivity index (χ4v) is 2.55. The van der Waals surface area contributed by atoms with Crippen LogP contribution in [0.5, 0.6) is 11.5 Å². The first-order chi connectivity index (χ1) is 9.85. The predicted molar refractivity (Wildman–Crippen MR) is 79.4 cm³/mol. The fraction of sp³-hybridized carbons (Fsp3) is 0.625. The number of benzene rings is 1. The molecule has 1 N–H and O–H groups in total. The van der Waals surface area contributed by atoms with Crippen LogP contribution in [-0.2, 0) is 6.54 Å². The Bertz CT molecular complexity index is 440. The molecule has 0 bridgehead atoms. The molecule has 4 nitrogen and oxygen atoms in total. The molecule has 0 spiro atoms. The third-order valence-electron chi connectivity index (χ3n) is 4.02. The van der Waals surface area contributed by atoms with Gasteiger partial charge in [0.1, 0.15) is 0 Å². The molecule has 1 aromatic carbocycles. The minimum Gasteiger partial charge on any atom is -0.493 e. The zero-order valence-corrected chi connectivity index (χ0v) is 12.2. The van der Waals surface area contributed by atoms with Crippen molar-refractivity contribution in [3.8, 4) is 11.5 Å². The van der Waals surface area contributed by atoms with E-state index in [2.05, 4.69) is 22.3 Å². The van der Waals surface area contributed by atoms with Crippen molar-refractivity contribution in [3.63, 3.8) is 0 Å². The highest BCUT2D eigenvalue weighted by molar-refractivity contribution is 5.43. The lowest BCUT2D eigenvalue weighted by molar-refractivity contribution is 0.232. The predicted octanol–water partition coefficient (Wildman–Crippen LogP) is 1.89. The molecule has 3 rings (SSSR count). The zero-order valence-electron chi connectivity index (χ0n) is 12.2. The third kappa shape index (κ3) is 3.64. The van der Waals surface area contributed by atoms with E-state index in [0.29, 0.717) is 0 Å². The monoisotopic (exact) mass is 276 g/mol. The van der Waals surface area contributed by atoms with E-state index in [4.69, 9.17) is 9.47 Å². The molecule has 1 aliphatic carbocycles. The van der Waals surface area contributed by atoms with Gasteiger partial charge in [-0.15, -0.1) is 0 Å². The van der Waals surface area contributed by atoms with E-state index in [1.807, 2.05) is 6.07 Å². The summed E-state index contributed by atoms with van der Waals surface area (Å²) in [5.41, 5.74) is 1.30. The Labute approximate surface area is 121 Å². The average molecular weight is 276 g/mol. The topological polar surface area (TPSA) is 33.7 Å². The second kappa shape index (κ2) is 6.46. The van der Waals surface area contributed by atoms with Gasteiger partial charge in [-0.1, -0.05) is 6.07 Å². The maximum Gasteiger partial charge on any atom is 0.161 e. The lowest BCUT2D eigenvalue weighted by Crippen LogP contribution is -2.42. The van der Waals surface area contributed by atoms with Gasteiger partial charge in [-0.25, -0.2) is 0 Å². The summed E-state index contributed by atoms with van der Waals surface area (Å²) in [4.78, 5) is 2.48. The molecule has 2 fully saturated rings. The number of rotatable bonds is 6. The van der Waals surface area contributed by atoms with Crippen LogP contribution in [0.1, 0.15) is 18.4 Å². The van der Waals surface area contributed by atoms with E-state index in [1.165, 1.54) is 18.4 Å². The molecular formula is C16H24N2O2. The molecule has 1 heterocycles. The molecule has 1 aliphatic heterocycles. The maximum absolute atomic E-state index is 5.93. The SMILES string of the molecule is COc1ccc(CN2CCNCC2)cc1OCC1CC1. The minimum absolute atomic E-state index is 0.761. The summed E-state index contributed by atoms with van der Waals surface area (Å²) in [6.07, 6.45) is 2.62. The van der Waals surface area contributed by atoms with Gasteiger partial charge in [0.25, 0.3) is 0 Å². The Morgan fingerprint density at radius 2 is 2.00 bits per heavy atom. The van der Waals surface area contributed by atoms with E-state index >= 15 is 0 Å². The average Bonchev–Trinajstić information content (AvgIpc) is 3.31. The number of nitrogens with zero attached hydrogens (tertiary/aromatic N) is 1. The molecule has 2 aliphatic rings. The number of nitrogens with one attached hydrogen (secondary N) is 1. The Morgan fingerprint density at radius 1 is 1.20 bits per heavy atom. The van der Waals surface area contributed by atoms with Crippen molar-refractivity contribution in [1.82, 2.24) is 10.2 Å². The molecule has 110 valence electrons. The van der Waals surface area contributed by atoms with Gasteiger partial charge in [-0.05, 0) is 36.5 Å². The Balaban J connectivity index is 1.65. The summed E-state index contributed by atoms with van der Waals surface area (Å²) in [5, 5.41) is 3.38. The van der Waals surface area contributed by atoms with Crippen LogP contribution in [0.2, 0.25) is 0 Å². The number of hydrogen-bond acceptors (Lipinski definition) is 4. The van der Waals surface area contributed by atoms with Crippen LogP contribution in [0.4, 0.5) is 0 Å². The zero-order chi connectivity index (χ0) is 13.8. The van der Waals surface area contributed by atoms with E-state index in [9.17, 15) is 0 Å². The smallest absolute Gasteiger partial charge is 0.161 e. The van der Waals surface area contributed by atoms with Gasteiger partial charge in [-0.2, -0.15) is 0 Å². The Morgan fingerprint density at radius 3 is 2.70 bits per heavy atom. The van der Waals surface area contributed by atoms with E-state index < -0.39 is 0 Å². The second-order valence-corrected chi connectivity index (χ2v) is 5.77. The Hall–Kier alpha value is -1.26. The highest BCUT2D eigenvalue weighted by Crippen LogP contribution is 2.33. The van der Waals surface area contributed by atoms with Gasteiger partial charge in [-0.3, -0.25) is 4.90 Å². The standard InChI is InChI=1S/C16H24N2O2/c1-19-15-5-4-14(11-18-8-6-17-7-9-18)10-16(15)20-12-13-2-3-13/h4-5,10,13,17H,2-3,6-9,11-12H2,1H3. The minimum atomic E-state index is 0.761. The summed E-state index contributed by atoms with van der Waals surface area (Å²) in [7, 11) is 1.70. The van der Waals surface area contributed by atoms with Crippen LogP contribution >= 0.6 is 0 Å². The molecule has 0 unspecified atom stereocenters. The van der Waals surface area contributed by atoms with E-state index in [1.54, 1.807) is 7.11 Å². The molecule has 4 heteroatoms. The summed E-state index contributed by atoms with van der Waals surface area (Å²) < 4.78 is 11.3. The van der Waals surface area contributed by atoms with Crippen LogP contribution in [0, 0.1) is 5.92 Å². The Kier molecular flexibility index (Phi) is 4.43. The maximum atomic E-state index is 5.93. The molecule has 1 saturated heterocycles. The first-order valence-electron chi connectivity index (χ1n) is 7.58. The van der Waals surface area contributed by atoms with Crippen molar-refractivity contribution in [2.45, 2.75) is 19.4 Å². The number of hydrogen-bond donors (Lipinski definition) is 1. The van der Waals surface area contributed by atoms with Crippen LogP contribution in [0.3, 0.4) is 0 Å². The molecule has 0 radical (unpaired) electrons. The summed E-state index contributed by atoms with van der Waals surface area (Å²) >= 11 is 0. The quantitative estimate of drug-likeness (QED) is 0.860. The summed E-state index contributed by atoms with van der Waals surface area (Å²) in [6.45, 7) is 6.22. The lowest BCUT2D eigenvalue weighted by Gasteiger charge is -2.27. The highest BCUT2D eigenvalue weighted by Gasteiger charge is 2.22. The van der Waals surface area contributed by atoms with Gasteiger partial charge in [0.05, 0.1) is 13.7 Å². The summed E-state index contributed by atoms with van der Waals surface area (Å²) in [5.74, 6) is 2.50. The van der Waals surface area contributed by atoms with Gasteiger partial charge in [0.2, 0.25) is 0 Å². The highest BCUT2D eigenvalue weighted by atomic mass is 16.5. The van der Waals surface area contributed by atoms with Crippen LogP contribution in [0.15, 0.2) is 18.2 Å². The lowest BCUT2D eigenvalue weighted by atomic mass is 10.1. The molecule has 1 aromatic rings. The van der Waals surface area contributed by atoms with Crippen molar-refractivity contribution in [2.24, 2.45) is 5.92 Å². The van der Waals surface area contributed by atoms with Crippen LogP contribution in [0.25, 0.3) is 0 Å². The van der Waals surface area contributed by atoms with Gasteiger partial charge in [0, 0.05) is 32.7 Å². The molecule has 20 heavy (non-hydrogen) atoms. The van der Waals surface area contributed by atoms with Crippen molar-refractivity contribution >= 4 is 0 Å². The molecule has 0 atom stereocenters. The van der Waals surface area contributed by atoms with Crippen molar-refractivity contribution in [2.75, 3.05) is 39.9 Å². The molecule has 1 saturated carbocycles. The van der Waals surface area contributed by atoms with Crippen molar-refractivity contribution < 1.29 is 9.47 Å². The van der Waals surface area contributed by atoms with Gasteiger partial charge in [0.15, 0.2) is 11.5 Å². The van der Waals surface area contributed by atoms with E-state index in [0.717, 1.165) is 56.7 Å². The fourth-order valence-electron chi connectivity index (χ4n) is 2.55. The van der Waals surface area contributed by atoms with Crippen molar-refractivity contribution in [3.05, 3.63) is 23.8 Å².